The highest BCUT2D eigenvalue weighted by Gasteiger charge is 2.44. The molecule has 0 aliphatic carbocycles. The van der Waals surface area contributed by atoms with Gasteiger partial charge in [-0.15, -0.1) is 0 Å². The number of methoxy groups -OCH3 is 1. The van der Waals surface area contributed by atoms with Crippen LogP contribution in [0.3, 0.4) is 0 Å². The van der Waals surface area contributed by atoms with Crippen molar-refractivity contribution >= 4 is 34.3 Å². The normalized spacial score (nSPS) is 15.0. The van der Waals surface area contributed by atoms with Crippen molar-refractivity contribution in [3.8, 4) is 11.5 Å². The molecule has 0 saturated carbocycles. The van der Waals surface area contributed by atoms with Crippen LogP contribution in [-0.2, 0) is 0 Å². The van der Waals surface area contributed by atoms with Crippen molar-refractivity contribution in [3.05, 3.63) is 92.4 Å². The molecule has 2 aromatic heterocycles. The molecule has 0 saturated heterocycles. The molecular weight excluding hydrogens is 456 g/mol. The van der Waals surface area contributed by atoms with Crippen LogP contribution in [-0.4, -0.2) is 24.6 Å². The Kier molecular flexibility index (Phi) is 5.49. The maximum Gasteiger partial charge on any atom is 0.296 e. The van der Waals surface area contributed by atoms with Gasteiger partial charge >= 0.3 is 0 Å². The summed E-state index contributed by atoms with van der Waals surface area (Å²) in [6.45, 7) is 4.25. The largest absolute Gasteiger partial charge is 0.493 e. The van der Waals surface area contributed by atoms with E-state index in [0.717, 1.165) is 5.56 Å². The Balaban J connectivity index is 1.78. The van der Waals surface area contributed by atoms with Crippen LogP contribution in [0.1, 0.15) is 40.2 Å². The lowest BCUT2D eigenvalue weighted by molar-refractivity contribution is 0.0970. The van der Waals surface area contributed by atoms with Crippen LogP contribution >= 0.6 is 11.6 Å². The Morgan fingerprint density at radius 1 is 1.09 bits per heavy atom. The molecular formula is C26H21ClN2O5. The number of amides is 1. The summed E-state index contributed by atoms with van der Waals surface area (Å²) in [4.78, 5) is 33.1. The number of benzene rings is 2. The molecule has 1 aliphatic rings. The number of halogens is 1. The topological polar surface area (TPSA) is 81.9 Å². The average Bonchev–Trinajstić information content (AvgIpc) is 3.13. The molecule has 0 N–H and O–H groups in total. The van der Waals surface area contributed by atoms with Gasteiger partial charge in [-0.25, -0.2) is 4.98 Å². The predicted octanol–water partition coefficient (Wildman–Crippen LogP) is 5.31. The fourth-order valence-electron chi connectivity index (χ4n) is 4.28. The molecule has 0 radical (unpaired) electrons. The molecule has 1 amide bonds. The van der Waals surface area contributed by atoms with Gasteiger partial charge in [0.25, 0.3) is 5.91 Å². The van der Waals surface area contributed by atoms with Gasteiger partial charge in [0.1, 0.15) is 11.4 Å². The minimum Gasteiger partial charge on any atom is -0.493 e. The number of hydrogen-bond acceptors (Lipinski definition) is 6. The number of anilines is 1. The smallest absolute Gasteiger partial charge is 0.296 e. The highest BCUT2D eigenvalue weighted by atomic mass is 35.5. The molecule has 4 aromatic rings. The van der Waals surface area contributed by atoms with Crippen LogP contribution in [0.4, 0.5) is 5.82 Å². The third kappa shape index (κ3) is 3.49. The van der Waals surface area contributed by atoms with Crippen molar-refractivity contribution in [2.24, 2.45) is 0 Å². The van der Waals surface area contributed by atoms with Crippen LogP contribution in [0.2, 0.25) is 5.02 Å². The number of rotatable bonds is 5. The minimum atomic E-state index is -0.776. The predicted molar refractivity (Wildman–Crippen MR) is 129 cm³/mol. The standard InChI is InChI=1S/C26H21ClN2O5/c1-4-33-19-9-6-15(12-20(19)32-3)23-22-24(30)17-11-14(2)5-8-18(17)34-25(22)26(31)29(23)21-10-7-16(27)13-28-21/h5-13,23H,4H2,1-3H3. The Morgan fingerprint density at radius 2 is 1.91 bits per heavy atom. The number of fused-ring (bicyclic) bond motifs is 2. The van der Waals surface area contributed by atoms with E-state index in [0.29, 0.717) is 45.5 Å². The molecule has 8 heteroatoms. The lowest BCUT2D eigenvalue weighted by atomic mass is 9.97. The minimum absolute atomic E-state index is 0.00375. The fourth-order valence-corrected chi connectivity index (χ4v) is 4.39. The highest BCUT2D eigenvalue weighted by molar-refractivity contribution is 6.30. The summed E-state index contributed by atoms with van der Waals surface area (Å²) in [5.41, 5.74) is 1.92. The third-order valence-corrected chi connectivity index (χ3v) is 6.01. The van der Waals surface area contributed by atoms with Crippen LogP contribution in [0, 0.1) is 6.92 Å². The van der Waals surface area contributed by atoms with E-state index >= 15 is 0 Å². The lowest BCUT2D eigenvalue weighted by Crippen LogP contribution is -2.30. The first-order chi connectivity index (χ1) is 16.4. The number of pyridine rings is 1. The SMILES string of the molecule is CCOc1ccc(C2c3c(oc4ccc(C)cc4c3=O)C(=O)N2c2ccc(Cl)cn2)cc1OC. The number of aryl methyl sites for hydroxylation is 1. The monoisotopic (exact) mass is 476 g/mol. The van der Waals surface area contributed by atoms with Crippen LogP contribution < -0.4 is 19.8 Å². The molecule has 0 bridgehead atoms. The summed E-state index contributed by atoms with van der Waals surface area (Å²) < 4.78 is 17.2. The van der Waals surface area contributed by atoms with Gasteiger partial charge < -0.3 is 13.9 Å². The summed E-state index contributed by atoms with van der Waals surface area (Å²) in [6, 6.07) is 13.2. The maximum absolute atomic E-state index is 13.7. The van der Waals surface area contributed by atoms with Crippen molar-refractivity contribution in [1.29, 1.82) is 0 Å². The number of carbonyl (C=O) groups excluding carboxylic acids is 1. The zero-order chi connectivity index (χ0) is 24.0. The van der Waals surface area contributed by atoms with Crippen LogP contribution in [0.15, 0.2) is 63.9 Å². The number of ether oxygens (including phenoxy) is 2. The molecule has 5 rings (SSSR count). The molecule has 2 aromatic carbocycles. The summed E-state index contributed by atoms with van der Waals surface area (Å²) in [5, 5.41) is 0.850. The summed E-state index contributed by atoms with van der Waals surface area (Å²) in [6.07, 6.45) is 1.46. The van der Waals surface area contributed by atoms with Crippen molar-refractivity contribution in [1.82, 2.24) is 4.98 Å². The number of nitrogens with zero attached hydrogens (tertiary/aromatic N) is 2. The second-order valence-corrected chi connectivity index (χ2v) is 8.37. The second-order valence-electron chi connectivity index (χ2n) is 7.93. The molecule has 0 fully saturated rings. The molecule has 7 nitrogen and oxygen atoms in total. The first kappa shape index (κ1) is 22.0. The van der Waals surface area contributed by atoms with E-state index < -0.39 is 11.9 Å². The first-order valence-electron chi connectivity index (χ1n) is 10.8. The van der Waals surface area contributed by atoms with Crippen LogP contribution in [0.5, 0.6) is 11.5 Å². The van der Waals surface area contributed by atoms with E-state index in [1.165, 1.54) is 11.1 Å². The molecule has 34 heavy (non-hydrogen) atoms. The van der Waals surface area contributed by atoms with Gasteiger partial charge in [0, 0.05) is 6.20 Å². The van der Waals surface area contributed by atoms with Crippen molar-refractivity contribution in [3.63, 3.8) is 0 Å². The van der Waals surface area contributed by atoms with Crippen molar-refractivity contribution in [2.45, 2.75) is 19.9 Å². The highest BCUT2D eigenvalue weighted by Crippen LogP contribution is 2.42. The average molecular weight is 477 g/mol. The molecule has 1 aliphatic heterocycles. The van der Waals surface area contributed by atoms with Crippen molar-refractivity contribution < 1.29 is 18.7 Å². The zero-order valence-electron chi connectivity index (χ0n) is 18.8. The van der Waals surface area contributed by atoms with E-state index in [-0.39, 0.29) is 16.8 Å². The third-order valence-electron chi connectivity index (χ3n) is 5.79. The van der Waals surface area contributed by atoms with E-state index in [4.69, 9.17) is 25.5 Å². The van der Waals surface area contributed by atoms with E-state index in [1.54, 1.807) is 43.5 Å². The molecule has 172 valence electrons. The van der Waals surface area contributed by atoms with Gasteiger partial charge in [0.05, 0.1) is 35.7 Å². The Hall–Kier alpha value is -3.84. The first-order valence-corrected chi connectivity index (χ1v) is 11.1. The molecule has 1 unspecified atom stereocenters. The van der Waals surface area contributed by atoms with Gasteiger partial charge in [-0.1, -0.05) is 29.3 Å². The van der Waals surface area contributed by atoms with E-state index in [2.05, 4.69) is 4.98 Å². The second kappa shape index (κ2) is 8.50. The summed E-state index contributed by atoms with van der Waals surface area (Å²) in [7, 11) is 1.54. The lowest BCUT2D eigenvalue weighted by Gasteiger charge is -2.25. The van der Waals surface area contributed by atoms with Gasteiger partial charge in [-0.3, -0.25) is 14.5 Å². The number of carbonyl (C=O) groups is 1. The van der Waals surface area contributed by atoms with E-state index in [1.807, 2.05) is 26.0 Å². The summed E-state index contributed by atoms with van der Waals surface area (Å²) >= 11 is 6.03. The van der Waals surface area contributed by atoms with E-state index in [9.17, 15) is 9.59 Å². The summed E-state index contributed by atoms with van der Waals surface area (Å²) in [5.74, 6) is 0.942. The Labute approximate surface area is 200 Å². The number of hydrogen-bond donors (Lipinski definition) is 0. The fraction of sp³-hybridized carbons (Fsp3) is 0.192. The zero-order valence-corrected chi connectivity index (χ0v) is 19.6. The maximum atomic E-state index is 13.7. The Morgan fingerprint density at radius 3 is 2.62 bits per heavy atom. The van der Waals surface area contributed by atoms with Gasteiger partial charge in [0.2, 0.25) is 5.76 Å². The van der Waals surface area contributed by atoms with Crippen LogP contribution in [0.25, 0.3) is 11.0 Å². The van der Waals surface area contributed by atoms with Gasteiger partial charge in [0.15, 0.2) is 16.9 Å². The van der Waals surface area contributed by atoms with Gasteiger partial charge in [-0.05, 0) is 55.8 Å². The molecule has 1 atom stereocenters. The van der Waals surface area contributed by atoms with Gasteiger partial charge in [-0.2, -0.15) is 0 Å². The molecule has 3 heterocycles. The van der Waals surface area contributed by atoms with Crippen molar-refractivity contribution in [2.75, 3.05) is 18.6 Å². The molecule has 0 spiro atoms. The number of aromatic nitrogens is 1. The Bertz CT molecular complexity index is 1480. The quantitative estimate of drug-likeness (QED) is 0.388.